The van der Waals surface area contributed by atoms with E-state index < -0.39 is 5.97 Å². The molecule has 2 fully saturated rings. The van der Waals surface area contributed by atoms with Crippen LogP contribution in [0.15, 0.2) is 0 Å². The fraction of sp³-hybridized carbons (Fsp3) is 0.750. The largest absolute Gasteiger partial charge is 0.481 e. The summed E-state index contributed by atoms with van der Waals surface area (Å²) in [6.07, 6.45) is 2.04. The van der Waals surface area contributed by atoms with Gasteiger partial charge in [-0.05, 0) is 18.8 Å². The SMILES string of the molecule is O=C(O)CCNC(=O)N1CCC2NC(=O)CCC2C1. The highest BCUT2D eigenvalue weighted by molar-refractivity contribution is 5.78. The first-order valence-electron chi connectivity index (χ1n) is 6.60. The molecule has 0 bridgehead atoms. The summed E-state index contributed by atoms with van der Waals surface area (Å²) in [5, 5.41) is 14.1. The number of hydrogen-bond donors (Lipinski definition) is 3. The Hall–Kier alpha value is -1.79. The van der Waals surface area contributed by atoms with Gasteiger partial charge in [0.05, 0.1) is 6.42 Å². The summed E-state index contributed by atoms with van der Waals surface area (Å²) in [5.74, 6) is -0.508. The lowest BCUT2D eigenvalue weighted by Gasteiger charge is -2.41. The molecule has 0 saturated carbocycles. The Balaban J connectivity index is 1.78. The van der Waals surface area contributed by atoms with Crippen LogP contribution in [0.1, 0.15) is 25.7 Å². The van der Waals surface area contributed by atoms with E-state index in [1.54, 1.807) is 4.90 Å². The summed E-state index contributed by atoms with van der Waals surface area (Å²) >= 11 is 0. The van der Waals surface area contributed by atoms with Gasteiger partial charge in [0, 0.05) is 32.1 Å². The van der Waals surface area contributed by atoms with Gasteiger partial charge in [-0.2, -0.15) is 0 Å². The molecule has 2 aliphatic heterocycles. The van der Waals surface area contributed by atoms with E-state index in [2.05, 4.69) is 10.6 Å². The lowest BCUT2D eigenvalue weighted by atomic mass is 9.85. The van der Waals surface area contributed by atoms with Crippen molar-refractivity contribution in [3.63, 3.8) is 0 Å². The number of urea groups is 1. The van der Waals surface area contributed by atoms with Gasteiger partial charge in [0.1, 0.15) is 0 Å². The average molecular weight is 269 g/mol. The molecule has 3 N–H and O–H groups in total. The van der Waals surface area contributed by atoms with Gasteiger partial charge in [-0.25, -0.2) is 4.79 Å². The van der Waals surface area contributed by atoms with Crippen LogP contribution in [0.3, 0.4) is 0 Å². The van der Waals surface area contributed by atoms with Crippen LogP contribution in [0.2, 0.25) is 0 Å². The highest BCUT2D eigenvalue weighted by Gasteiger charge is 2.35. The Bertz CT molecular complexity index is 385. The van der Waals surface area contributed by atoms with Crippen LogP contribution in [0.5, 0.6) is 0 Å². The molecule has 0 aromatic heterocycles. The number of piperidine rings is 2. The molecule has 106 valence electrons. The van der Waals surface area contributed by atoms with Crippen molar-refractivity contribution in [3.8, 4) is 0 Å². The van der Waals surface area contributed by atoms with Gasteiger partial charge in [-0.1, -0.05) is 0 Å². The highest BCUT2D eigenvalue weighted by Crippen LogP contribution is 2.25. The van der Waals surface area contributed by atoms with Crippen molar-refractivity contribution in [1.29, 1.82) is 0 Å². The maximum Gasteiger partial charge on any atom is 0.317 e. The maximum atomic E-state index is 11.9. The zero-order valence-electron chi connectivity index (χ0n) is 10.7. The quantitative estimate of drug-likeness (QED) is 0.659. The van der Waals surface area contributed by atoms with Gasteiger partial charge in [0.15, 0.2) is 0 Å². The monoisotopic (exact) mass is 269 g/mol. The second kappa shape index (κ2) is 5.90. The number of carbonyl (C=O) groups is 3. The Morgan fingerprint density at radius 1 is 1.42 bits per heavy atom. The zero-order chi connectivity index (χ0) is 13.8. The fourth-order valence-corrected chi connectivity index (χ4v) is 2.68. The number of fused-ring (bicyclic) bond motifs is 1. The summed E-state index contributed by atoms with van der Waals surface area (Å²) in [7, 11) is 0. The Morgan fingerprint density at radius 2 is 2.21 bits per heavy atom. The van der Waals surface area contributed by atoms with E-state index in [0.717, 1.165) is 12.8 Å². The molecular formula is C12H19N3O4. The number of nitrogens with zero attached hydrogens (tertiary/aromatic N) is 1. The van der Waals surface area contributed by atoms with E-state index in [0.29, 0.717) is 25.4 Å². The normalized spacial score (nSPS) is 26.3. The third-order valence-corrected chi connectivity index (χ3v) is 3.72. The first-order chi connectivity index (χ1) is 9.06. The first-order valence-corrected chi connectivity index (χ1v) is 6.60. The number of rotatable bonds is 3. The third kappa shape index (κ3) is 3.59. The number of hydrogen-bond acceptors (Lipinski definition) is 3. The van der Waals surface area contributed by atoms with E-state index in [9.17, 15) is 14.4 Å². The number of aliphatic carboxylic acids is 1. The van der Waals surface area contributed by atoms with Crippen LogP contribution in [0.25, 0.3) is 0 Å². The Morgan fingerprint density at radius 3 is 2.95 bits per heavy atom. The zero-order valence-corrected chi connectivity index (χ0v) is 10.7. The second-order valence-corrected chi connectivity index (χ2v) is 5.08. The maximum absolute atomic E-state index is 11.9. The van der Waals surface area contributed by atoms with E-state index in [1.165, 1.54) is 0 Å². The molecule has 2 saturated heterocycles. The fourth-order valence-electron chi connectivity index (χ4n) is 2.68. The second-order valence-electron chi connectivity index (χ2n) is 5.08. The molecule has 2 aliphatic rings. The summed E-state index contributed by atoms with van der Waals surface area (Å²) in [6, 6.07) is -0.0269. The van der Waals surface area contributed by atoms with E-state index in [4.69, 9.17) is 5.11 Å². The standard InChI is InChI=1S/C12H19N3O4/c16-10-2-1-8-7-15(6-4-9(8)14-10)12(19)13-5-3-11(17)18/h8-9H,1-7H2,(H,13,19)(H,14,16)(H,17,18). The van der Waals surface area contributed by atoms with Crippen LogP contribution in [-0.2, 0) is 9.59 Å². The minimum Gasteiger partial charge on any atom is -0.481 e. The minimum atomic E-state index is -0.922. The predicted octanol–water partition coefficient (Wildman–Crippen LogP) is -0.229. The van der Waals surface area contributed by atoms with Gasteiger partial charge in [-0.3, -0.25) is 9.59 Å². The van der Waals surface area contributed by atoms with Crippen LogP contribution in [-0.4, -0.2) is 53.6 Å². The molecule has 0 aliphatic carbocycles. The molecule has 3 amide bonds. The first kappa shape index (κ1) is 13.6. The Kier molecular flexibility index (Phi) is 4.24. The summed E-state index contributed by atoms with van der Waals surface area (Å²) in [4.78, 5) is 35.2. The molecule has 2 rings (SSSR count). The van der Waals surface area contributed by atoms with Gasteiger partial charge >= 0.3 is 12.0 Å². The van der Waals surface area contributed by atoms with E-state index in [-0.39, 0.29) is 30.9 Å². The summed E-state index contributed by atoms with van der Waals surface area (Å²) < 4.78 is 0. The van der Waals surface area contributed by atoms with Gasteiger partial charge in [0.2, 0.25) is 5.91 Å². The van der Waals surface area contributed by atoms with Crippen molar-refractivity contribution >= 4 is 17.9 Å². The number of amides is 3. The molecule has 0 aromatic carbocycles. The molecule has 2 unspecified atom stereocenters. The van der Waals surface area contributed by atoms with E-state index >= 15 is 0 Å². The van der Waals surface area contributed by atoms with Crippen LogP contribution in [0, 0.1) is 5.92 Å². The molecular weight excluding hydrogens is 250 g/mol. The van der Waals surface area contributed by atoms with Crippen molar-refractivity contribution in [2.75, 3.05) is 19.6 Å². The van der Waals surface area contributed by atoms with Crippen molar-refractivity contribution in [2.24, 2.45) is 5.92 Å². The predicted molar refractivity (Wildman–Crippen MR) is 66.5 cm³/mol. The highest BCUT2D eigenvalue weighted by atomic mass is 16.4. The lowest BCUT2D eigenvalue weighted by molar-refractivity contribution is -0.136. The van der Waals surface area contributed by atoms with E-state index in [1.807, 2.05) is 0 Å². The molecule has 0 aromatic rings. The third-order valence-electron chi connectivity index (χ3n) is 3.72. The van der Waals surface area contributed by atoms with Crippen molar-refractivity contribution < 1.29 is 19.5 Å². The van der Waals surface area contributed by atoms with Crippen molar-refractivity contribution in [1.82, 2.24) is 15.5 Å². The minimum absolute atomic E-state index is 0.0678. The lowest BCUT2D eigenvalue weighted by Crippen LogP contribution is -2.56. The van der Waals surface area contributed by atoms with Crippen LogP contribution in [0.4, 0.5) is 4.79 Å². The topological polar surface area (TPSA) is 98.7 Å². The van der Waals surface area contributed by atoms with Crippen molar-refractivity contribution in [3.05, 3.63) is 0 Å². The number of carbonyl (C=O) groups excluding carboxylic acids is 2. The molecule has 19 heavy (non-hydrogen) atoms. The molecule has 0 spiro atoms. The Labute approximate surface area is 111 Å². The summed E-state index contributed by atoms with van der Waals surface area (Å²) in [5.41, 5.74) is 0. The molecule has 0 radical (unpaired) electrons. The smallest absolute Gasteiger partial charge is 0.317 e. The molecule has 7 nitrogen and oxygen atoms in total. The number of carboxylic acids is 1. The van der Waals surface area contributed by atoms with Gasteiger partial charge < -0.3 is 20.6 Å². The van der Waals surface area contributed by atoms with Gasteiger partial charge in [-0.15, -0.1) is 0 Å². The summed E-state index contributed by atoms with van der Waals surface area (Å²) in [6.45, 7) is 1.37. The van der Waals surface area contributed by atoms with Crippen molar-refractivity contribution in [2.45, 2.75) is 31.7 Å². The van der Waals surface area contributed by atoms with Gasteiger partial charge in [0.25, 0.3) is 0 Å². The number of likely N-dealkylation sites (tertiary alicyclic amines) is 1. The number of carboxylic acid groups (broad SMARTS) is 1. The van der Waals surface area contributed by atoms with Crippen LogP contribution >= 0.6 is 0 Å². The molecule has 7 heteroatoms. The number of nitrogens with one attached hydrogen (secondary N) is 2. The van der Waals surface area contributed by atoms with Crippen LogP contribution < -0.4 is 10.6 Å². The average Bonchev–Trinajstić information content (AvgIpc) is 2.37. The molecule has 2 atom stereocenters. The molecule has 2 heterocycles.